The Morgan fingerprint density at radius 1 is 0.971 bits per heavy atom. The van der Waals surface area contributed by atoms with Crippen molar-refractivity contribution < 1.29 is 23.8 Å². The number of hydrogen-bond acceptors (Lipinski definition) is 7. The molecule has 0 bridgehead atoms. The van der Waals surface area contributed by atoms with Crippen LogP contribution in [-0.2, 0) is 42.3 Å². The summed E-state index contributed by atoms with van der Waals surface area (Å²) in [5.74, 6) is 0.772. The molecular weight excluding hydrogens is 444 g/mol. The third-order valence-corrected chi connectivity index (χ3v) is 5.76. The van der Waals surface area contributed by atoms with Gasteiger partial charge in [-0.15, -0.1) is 0 Å². The molecule has 5 N–H and O–H groups in total. The van der Waals surface area contributed by atoms with Gasteiger partial charge in [0.25, 0.3) is 0 Å². The highest BCUT2D eigenvalue weighted by atomic mass is 16.5. The first-order valence-corrected chi connectivity index (χ1v) is 11.6. The van der Waals surface area contributed by atoms with E-state index in [0.717, 1.165) is 38.8 Å². The maximum atomic E-state index is 12.1. The van der Waals surface area contributed by atoms with E-state index in [4.69, 9.17) is 25.4 Å². The molecule has 3 aromatic carbocycles. The lowest BCUT2D eigenvalue weighted by Gasteiger charge is -2.14. The van der Waals surface area contributed by atoms with Gasteiger partial charge in [0, 0.05) is 29.6 Å². The molecule has 0 aliphatic carbocycles. The summed E-state index contributed by atoms with van der Waals surface area (Å²) in [6.45, 7) is 2.98. The van der Waals surface area contributed by atoms with Gasteiger partial charge in [0.05, 0.1) is 13.0 Å². The minimum atomic E-state index is -0.309. The molecule has 182 valence electrons. The van der Waals surface area contributed by atoms with Crippen molar-refractivity contribution in [3.8, 4) is 16.9 Å². The van der Waals surface area contributed by atoms with E-state index in [1.54, 1.807) is 6.92 Å². The van der Waals surface area contributed by atoms with Gasteiger partial charge in [-0.1, -0.05) is 30.3 Å². The van der Waals surface area contributed by atoms with E-state index in [0.29, 0.717) is 36.8 Å². The Morgan fingerprint density at radius 3 is 2.51 bits per heavy atom. The lowest BCUT2D eigenvalue weighted by molar-refractivity contribution is -0.142. The van der Waals surface area contributed by atoms with Crippen molar-refractivity contribution in [1.82, 2.24) is 0 Å². The topological polar surface area (TPSA) is 121 Å². The molecule has 7 heteroatoms. The molecule has 0 aliphatic rings. The zero-order valence-electron chi connectivity index (χ0n) is 19.8. The molecule has 7 nitrogen and oxygen atoms in total. The van der Waals surface area contributed by atoms with Crippen LogP contribution in [0.2, 0.25) is 0 Å². The summed E-state index contributed by atoms with van der Waals surface area (Å²) in [6.07, 6.45) is 0.117. The van der Waals surface area contributed by atoms with Crippen LogP contribution in [0.4, 0.5) is 0 Å². The number of esters is 1. The van der Waals surface area contributed by atoms with E-state index in [2.05, 4.69) is 0 Å². The first-order valence-electron chi connectivity index (χ1n) is 11.6. The molecule has 0 amide bonds. The van der Waals surface area contributed by atoms with Gasteiger partial charge in [-0.2, -0.15) is 0 Å². The van der Waals surface area contributed by atoms with Gasteiger partial charge in [0.2, 0.25) is 0 Å². The average Bonchev–Trinajstić information content (AvgIpc) is 3.31. The molecule has 0 aliphatic heterocycles. The van der Waals surface area contributed by atoms with E-state index < -0.39 is 0 Å². The van der Waals surface area contributed by atoms with Crippen molar-refractivity contribution in [3.05, 3.63) is 88.7 Å². The van der Waals surface area contributed by atoms with Crippen molar-refractivity contribution in [2.45, 2.75) is 39.6 Å². The van der Waals surface area contributed by atoms with Gasteiger partial charge in [-0.3, -0.25) is 4.79 Å². The molecule has 1 heterocycles. The number of rotatable bonds is 10. The standard InChI is InChI=1S/C28H30N2O5/c1-2-33-27(32)13-22-7-6-19(15-30)11-26(22)34-17-20-9-23-12-24(16-31)35-28(23)25(10-20)21-5-3-4-18(8-21)14-29/h3-12,31H,2,13-17,29-30H2,1H3. The van der Waals surface area contributed by atoms with Crippen LogP contribution in [0.25, 0.3) is 22.1 Å². The molecular formula is C28H30N2O5. The van der Waals surface area contributed by atoms with E-state index in [1.807, 2.05) is 60.7 Å². The number of nitrogens with two attached hydrogens (primary N) is 2. The van der Waals surface area contributed by atoms with Crippen LogP contribution in [0.3, 0.4) is 0 Å². The fourth-order valence-corrected chi connectivity index (χ4v) is 4.04. The monoisotopic (exact) mass is 474 g/mol. The van der Waals surface area contributed by atoms with Crippen molar-refractivity contribution in [3.63, 3.8) is 0 Å². The van der Waals surface area contributed by atoms with E-state index >= 15 is 0 Å². The summed E-state index contributed by atoms with van der Waals surface area (Å²) in [5, 5.41) is 10.5. The van der Waals surface area contributed by atoms with Crippen LogP contribution < -0.4 is 16.2 Å². The van der Waals surface area contributed by atoms with Crippen molar-refractivity contribution >= 4 is 16.9 Å². The smallest absolute Gasteiger partial charge is 0.310 e. The SMILES string of the molecule is CCOC(=O)Cc1ccc(CN)cc1OCc1cc(-c2cccc(CN)c2)c2oc(CO)cc2c1. The lowest BCUT2D eigenvalue weighted by atomic mass is 9.99. The van der Waals surface area contributed by atoms with Crippen molar-refractivity contribution in [1.29, 1.82) is 0 Å². The fourth-order valence-electron chi connectivity index (χ4n) is 4.04. The van der Waals surface area contributed by atoms with Gasteiger partial charge in [0.1, 0.15) is 30.3 Å². The summed E-state index contributed by atoms with van der Waals surface area (Å²) in [6, 6.07) is 19.4. The summed E-state index contributed by atoms with van der Waals surface area (Å²) >= 11 is 0. The Bertz CT molecular complexity index is 1330. The highest BCUT2D eigenvalue weighted by molar-refractivity contribution is 5.93. The molecule has 0 radical (unpaired) electrons. The van der Waals surface area contributed by atoms with Crippen molar-refractivity contribution in [2.24, 2.45) is 11.5 Å². The Morgan fingerprint density at radius 2 is 1.77 bits per heavy atom. The molecule has 0 atom stereocenters. The van der Waals surface area contributed by atoms with E-state index in [1.165, 1.54) is 0 Å². The maximum Gasteiger partial charge on any atom is 0.310 e. The van der Waals surface area contributed by atoms with Crippen LogP contribution >= 0.6 is 0 Å². The van der Waals surface area contributed by atoms with Crippen LogP contribution in [-0.4, -0.2) is 17.7 Å². The minimum absolute atomic E-state index is 0.117. The molecule has 0 spiro atoms. The highest BCUT2D eigenvalue weighted by Gasteiger charge is 2.15. The third kappa shape index (κ3) is 5.71. The van der Waals surface area contributed by atoms with Crippen LogP contribution in [0.15, 0.2) is 65.1 Å². The second kappa shape index (κ2) is 11.2. The Hall–Kier alpha value is -3.65. The number of benzene rings is 3. The number of fused-ring (bicyclic) bond motifs is 1. The first kappa shape index (κ1) is 24.5. The van der Waals surface area contributed by atoms with Gasteiger partial charge >= 0.3 is 5.97 Å². The summed E-state index contributed by atoms with van der Waals surface area (Å²) in [4.78, 5) is 12.1. The molecule has 4 rings (SSSR count). The normalized spacial score (nSPS) is 11.1. The van der Waals surface area contributed by atoms with Gasteiger partial charge < -0.3 is 30.5 Å². The maximum absolute atomic E-state index is 12.1. The predicted octanol–water partition coefficient (Wildman–Crippen LogP) is 4.19. The second-order valence-corrected chi connectivity index (χ2v) is 8.25. The quantitative estimate of drug-likeness (QED) is 0.295. The van der Waals surface area contributed by atoms with Gasteiger partial charge in [-0.05, 0) is 59.5 Å². The first-order chi connectivity index (χ1) is 17.0. The Kier molecular flexibility index (Phi) is 7.82. The van der Waals surface area contributed by atoms with Gasteiger partial charge in [0.15, 0.2) is 0 Å². The number of hydrogen-bond donors (Lipinski definition) is 3. The summed E-state index contributed by atoms with van der Waals surface area (Å²) in [7, 11) is 0. The minimum Gasteiger partial charge on any atom is -0.489 e. The highest BCUT2D eigenvalue weighted by Crippen LogP contribution is 2.34. The number of aliphatic hydroxyl groups is 1. The average molecular weight is 475 g/mol. The number of furan rings is 1. The zero-order chi connectivity index (χ0) is 24.8. The third-order valence-electron chi connectivity index (χ3n) is 5.76. The Balaban J connectivity index is 1.69. The molecule has 0 saturated heterocycles. The lowest BCUT2D eigenvalue weighted by Crippen LogP contribution is -2.10. The molecule has 35 heavy (non-hydrogen) atoms. The number of ether oxygens (including phenoxy) is 2. The fraction of sp³-hybridized carbons (Fsp3) is 0.250. The molecule has 0 unspecified atom stereocenters. The molecule has 4 aromatic rings. The van der Waals surface area contributed by atoms with Crippen LogP contribution in [0.1, 0.15) is 34.9 Å². The van der Waals surface area contributed by atoms with Gasteiger partial charge in [-0.25, -0.2) is 0 Å². The molecule has 0 saturated carbocycles. The Labute approximate surface area is 204 Å². The van der Waals surface area contributed by atoms with Crippen LogP contribution in [0.5, 0.6) is 5.75 Å². The number of carbonyl (C=O) groups is 1. The predicted molar refractivity (Wildman–Crippen MR) is 134 cm³/mol. The molecule has 1 aromatic heterocycles. The number of carbonyl (C=O) groups excluding carboxylic acids is 1. The van der Waals surface area contributed by atoms with E-state index in [-0.39, 0.29) is 25.6 Å². The van der Waals surface area contributed by atoms with Crippen molar-refractivity contribution in [2.75, 3.05) is 6.61 Å². The summed E-state index contributed by atoms with van der Waals surface area (Å²) < 4.78 is 17.2. The zero-order valence-corrected chi connectivity index (χ0v) is 19.8. The second-order valence-electron chi connectivity index (χ2n) is 8.25. The van der Waals surface area contributed by atoms with E-state index in [9.17, 15) is 9.90 Å². The largest absolute Gasteiger partial charge is 0.489 e. The molecule has 0 fully saturated rings. The van der Waals surface area contributed by atoms with Crippen LogP contribution in [0, 0.1) is 0 Å². The number of aliphatic hydroxyl groups excluding tert-OH is 1. The summed E-state index contributed by atoms with van der Waals surface area (Å²) in [5.41, 5.74) is 17.8.